The number of nitrogens with one attached hydrogen (secondary N) is 1. The Balaban J connectivity index is 2.31. The largest absolute Gasteiger partial charge is 0.354 e. The van der Waals surface area contributed by atoms with Crippen molar-refractivity contribution in [1.82, 2.24) is 9.97 Å². The minimum absolute atomic E-state index is 0.129. The third-order valence-corrected chi connectivity index (χ3v) is 3.15. The fraction of sp³-hybridized carbons (Fsp3) is 0.375. The molecule has 1 N–H and O–H groups in total. The van der Waals surface area contributed by atoms with Crippen molar-refractivity contribution in [3.8, 4) is 0 Å². The molecule has 21 heavy (non-hydrogen) atoms. The lowest BCUT2D eigenvalue weighted by Gasteiger charge is -2.28. The SMILES string of the molecule is CCNc1ncc(F)c(N(Cc2ccccc2)C(C)C)n1. The lowest BCUT2D eigenvalue weighted by atomic mass is 10.2. The van der Waals surface area contributed by atoms with Crippen molar-refractivity contribution in [3.05, 3.63) is 47.9 Å². The van der Waals surface area contributed by atoms with E-state index in [1.54, 1.807) is 0 Å². The summed E-state index contributed by atoms with van der Waals surface area (Å²) >= 11 is 0. The molecule has 0 amide bonds. The average molecular weight is 288 g/mol. The van der Waals surface area contributed by atoms with E-state index in [1.807, 2.05) is 56.0 Å². The molecule has 5 heteroatoms. The molecule has 0 atom stereocenters. The van der Waals surface area contributed by atoms with Crippen LogP contribution in [0.25, 0.3) is 0 Å². The minimum atomic E-state index is -0.402. The molecule has 0 saturated carbocycles. The van der Waals surface area contributed by atoms with Crippen LogP contribution in [0.5, 0.6) is 0 Å². The zero-order valence-corrected chi connectivity index (χ0v) is 12.7. The maximum atomic E-state index is 14.1. The highest BCUT2D eigenvalue weighted by Gasteiger charge is 2.18. The van der Waals surface area contributed by atoms with Gasteiger partial charge in [0.05, 0.1) is 6.20 Å². The topological polar surface area (TPSA) is 41.1 Å². The molecule has 112 valence electrons. The summed E-state index contributed by atoms with van der Waals surface area (Å²) in [6.07, 6.45) is 1.22. The number of halogens is 1. The van der Waals surface area contributed by atoms with Crippen molar-refractivity contribution >= 4 is 11.8 Å². The van der Waals surface area contributed by atoms with Gasteiger partial charge in [-0.2, -0.15) is 4.98 Å². The molecular formula is C16H21FN4. The Morgan fingerprint density at radius 2 is 1.95 bits per heavy atom. The summed E-state index contributed by atoms with van der Waals surface area (Å²) in [5.41, 5.74) is 1.12. The van der Waals surface area contributed by atoms with Crippen LogP contribution in [0.1, 0.15) is 26.3 Å². The summed E-state index contributed by atoms with van der Waals surface area (Å²) in [7, 11) is 0. The van der Waals surface area contributed by atoms with Crippen molar-refractivity contribution < 1.29 is 4.39 Å². The monoisotopic (exact) mass is 288 g/mol. The minimum Gasteiger partial charge on any atom is -0.354 e. The molecule has 0 saturated heterocycles. The Morgan fingerprint density at radius 1 is 1.24 bits per heavy atom. The molecule has 1 aromatic carbocycles. The first-order chi connectivity index (χ1) is 10.1. The van der Waals surface area contributed by atoms with Crippen LogP contribution in [0.3, 0.4) is 0 Å². The van der Waals surface area contributed by atoms with E-state index in [9.17, 15) is 4.39 Å². The lowest BCUT2D eigenvalue weighted by molar-refractivity contribution is 0.582. The summed E-state index contributed by atoms with van der Waals surface area (Å²) in [5, 5.41) is 3.02. The molecule has 0 aliphatic rings. The van der Waals surface area contributed by atoms with E-state index in [0.29, 0.717) is 24.9 Å². The van der Waals surface area contributed by atoms with E-state index in [2.05, 4.69) is 15.3 Å². The molecule has 0 unspecified atom stereocenters. The summed E-state index contributed by atoms with van der Waals surface area (Å²) in [6.45, 7) is 7.31. The molecule has 1 heterocycles. The first-order valence-corrected chi connectivity index (χ1v) is 7.18. The number of nitrogens with zero attached hydrogens (tertiary/aromatic N) is 3. The van der Waals surface area contributed by atoms with E-state index in [-0.39, 0.29) is 6.04 Å². The number of benzene rings is 1. The molecule has 2 rings (SSSR count). The fourth-order valence-electron chi connectivity index (χ4n) is 2.08. The molecule has 1 aromatic heterocycles. The number of rotatable bonds is 6. The van der Waals surface area contributed by atoms with E-state index < -0.39 is 5.82 Å². The van der Waals surface area contributed by atoms with Gasteiger partial charge in [-0.1, -0.05) is 30.3 Å². The van der Waals surface area contributed by atoms with Crippen molar-refractivity contribution in [2.75, 3.05) is 16.8 Å². The maximum absolute atomic E-state index is 14.1. The van der Waals surface area contributed by atoms with Gasteiger partial charge in [0.2, 0.25) is 5.95 Å². The Labute approximate surface area is 125 Å². The van der Waals surface area contributed by atoms with Crippen LogP contribution in [0.4, 0.5) is 16.2 Å². The van der Waals surface area contributed by atoms with Gasteiger partial charge in [-0.3, -0.25) is 0 Å². The van der Waals surface area contributed by atoms with Crippen LogP contribution in [-0.2, 0) is 6.54 Å². The molecule has 0 fully saturated rings. The van der Waals surface area contributed by atoms with Crippen molar-refractivity contribution in [2.45, 2.75) is 33.4 Å². The Hall–Kier alpha value is -2.17. The molecule has 0 radical (unpaired) electrons. The molecule has 4 nitrogen and oxygen atoms in total. The highest BCUT2D eigenvalue weighted by molar-refractivity contribution is 5.45. The van der Waals surface area contributed by atoms with Gasteiger partial charge in [0.15, 0.2) is 11.6 Å². The van der Waals surface area contributed by atoms with Crippen LogP contribution in [0.2, 0.25) is 0 Å². The van der Waals surface area contributed by atoms with Gasteiger partial charge in [0.25, 0.3) is 0 Å². The maximum Gasteiger partial charge on any atom is 0.224 e. The van der Waals surface area contributed by atoms with Crippen molar-refractivity contribution in [3.63, 3.8) is 0 Å². The predicted octanol–water partition coefficient (Wildman–Crippen LogP) is 3.46. The van der Waals surface area contributed by atoms with Gasteiger partial charge in [-0.25, -0.2) is 9.37 Å². The number of anilines is 2. The summed E-state index contributed by atoms with van der Waals surface area (Å²) in [4.78, 5) is 10.2. The zero-order chi connectivity index (χ0) is 15.2. The van der Waals surface area contributed by atoms with Crippen LogP contribution in [0, 0.1) is 5.82 Å². The molecule has 0 spiro atoms. The average Bonchev–Trinajstić information content (AvgIpc) is 2.48. The molecule has 0 aliphatic carbocycles. The van der Waals surface area contributed by atoms with Gasteiger partial charge >= 0.3 is 0 Å². The van der Waals surface area contributed by atoms with E-state index in [4.69, 9.17) is 0 Å². The van der Waals surface area contributed by atoms with Gasteiger partial charge in [-0.05, 0) is 26.3 Å². The Morgan fingerprint density at radius 3 is 2.57 bits per heavy atom. The summed E-state index contributed by atoms with van der Waals surface area (Å²) in [6, 6.07) is 10.1. The summed E-state index contributed by atoms with van der Waals surface area (Å²) < 4.78 is 14.1. The highest BCUT2D eigenvalue weighted by Crippen LogP contribution is 2.22. The van der Waals surface area contributed by atoms with E-state index >= 15 is 0 Å². The second-order valence-electron chi connectivity index (χ2n) is 5.10. The van der Waals surface area contributed by atoms with Gasteiger partial charge in [0.1, 0.15) is 0 Å². The van der Waals surface area contributed by atoms with E-state index in [1.165, 1.54) is 6.20 Å². The van der Waals surface area contributed by atoms with Gasteiger partial charge in [0, 0.05) is 19.1 Å². The van der Waals surface area contributed by atoms with Crippen LogP contribution in [0.15, 0.2) is 36.5 Å². The summed E-state index contributed by atoms with van der Waals surface area (Å²) in [5.74, 6) is 0.383. The van der Waals surface area contributed by atoms with Crippen LogP contribution >= 0.6 is 0 Å². The third-order valence-electron chi connectivity index (χ3n) is 3.15. The quantitative estimate of drug-likeness (QED) is 0.883. The smallest absolute Gasteiger partial charge is 0.224 e. The number of aromatic nitrogens is 2. The zero-order valence-electron chi connectivity index (χ0n) is 12.7. The normalized spacial score (nSPS) is 10.7. The first-order valence-electron chi connectivity index (χ1n) is 7.18. The van der Waals surface area contributed by atoms with Crippen LogP contribution < -0.4 is 10.2 Å². The highest BCUT2D eigenvalue weighted by atomic mass is 19.1. The fourth-order valence-corrected chi connectivity index (χ4v) is 2.08. The third kappa shape index (κ3) is 3.90. The first kappa shape index (κ1) is 15.2. The molecular weight excluding hydrogens is 267 g/mol. The molecule has 2 aromatic rings. The van der Waals surface area contributed by atoms with Gasteiger partial charge in [-0.15, -0.1) is 0 Å². The second-order valence-corrected chi connectivity index (χ2v) is 5.10. The van der Waals surface area contributed by atoms with Crippen LogP contribution in [-0.4, -0.2) is 22.6 Å². The van der Waals surface area contributed by atoms with Crippen molar-refractivity contribution in [2.24, 2.45) is 0 Å². The number of hydrogen-bond donors (Lipinski definition) is 1. The lowest BCUT2D eigenvalue weighted by Crippen LogP contribution is -2.32. The molecule has 0 aliphatic heterocycles. The van der Waals surface area contributed by atoms with Crippen molar-refractivity contribution in [1.29, 1.82) is 0 Å². The standard InChI is InChI=1S/C16H21FN4/c1-4-18-16-19-10-14(17)15(20-16)21(12(2)3)11-13-8-6-5-7-9-13/h5-10,12H,4,11H2,1-3H3,(H,18,19,20). The van der Waals surface area contributed by atoms with E-state index in [0.717, 1.165) is 5.56 Å². The predicted molar refractivity (Wildman–Crippen MR) is 83.9 cm³/mol. The number of hydrogen-bond acceptors (Lipinski definition) is 4. The molecule has 0 bridgehead atoms. The van der Waals surface area contributed by atoms with Gasteiger partial charge < -0.3 is 10.2 Å². The second kappa shape index (κ2) is 7.02. The Kier molecular flexibility index (Phi) is 5.09. The Bertz CT molecular complexity index is 572.